The minimum absolute atomic E-state index is 0.0557. The summed E-state index contributed by atoms with van der Waals surface area (Å²) in [5.41, 5.74) is 3.37. The first kappa shape index (κ1) is 21.3. The van der Waals surface area contributed by atoms with Gasteiger partial charge in [0, 0.05) is 25.0 Å². The second kappa shape index (κ2) is 9.87. The van der Waals surface area contributed by atoms with Crippen molar-refractivity contribution in [2.75, 3.05) is 11.9 Å². The van der Waals surface area contributed by atoms with Crippen LogP contribution in [-0.2, 0) is 30.8 Å². The molecule has 0 spiro atoms. The van der Waals surface area contributed by atoms with E-state index in [2.05, 4.69) is 20.6 Å². The van der Waals surface area contributed by atoms with Gasteiger partial charge in [-0.1, -0.05) is 30.3 Å². The van der Waals surface area contributed by atoms with Crippen molar-refractivity contribution in [3.8, 4) is 0 Å². The number of nitrogens with one attached hydrogen (secondary N) is 2. The number of hydrogen-bond donors (Lipinski definition) is 2. The number of amides is 1. The Morgan fingerprint density at radius 3 is 2.63 bits per heavy atom. The van der Waals surface area contributed by atoms with Gasteiger partial charge >= 0.3 is 0 Å². The van der Waals surface area contributed by atoms with Crippen molar-refractivity contribution in [3.63, 3.8) is 0 Å². The zero-order valence-electron chi connectivity index (χ0n) is 17.7. The van der Waals surface area contributed by atoms with E-state index in [0.29, 0.717) is 18.8 Å². The molecule has 2 N–H and O–H groups in total. The first-order valence-electron chi connectivity index (χ1n) is 10.1. The van der Waals surface area contributed by atoms with Crippen LogP contribution in [0.2, 0.25) is 0 Å². The van der Waals surface area contributed by atoms with Gasteiger partial charge in [-0.2, -0.15) is 0 Å². The van der Waals surface area contributed by atoms with Crippen molar-refractivity contribution < 1.29 is 4.79 Å². The van der Waals surface area contributed by atoms with Crippen molar-refractivity contribution >= 4 is 11.7 Å². The lowest BCUT2D eigenvalue weighted by atomic mass is 10.1. The van der Waals surface area contributed by atoms with E-state index in [1.54, 1.807) is 19.4 Å². The largest absolute Gasteiger partial charge is 0.365 e. The van der Waals surface area contributed by atoms with Gasteiger partial charge in [-0.05, 0) is 32.8 Å². The third kappa shape index (κ3) is 5.14. The van der Waals surface area contributed by atoms with E-state index in [1.807, 2.05) is 48.7 Å². The van der Waals surface area contributed by atoms with Gasteiger partial charge in [0.15, 0.2) is 5.82 Å². The zero-order valence-corrected chi connectivity index (χ0v) is 17.7. The Balaban J connectivity index is 1.62. The molecule has 30 heavy (non-hydrogen) atoms. The maximum atomic E-state index is 12.8. The van der Waals surface area contributed by atoms with Crippen LogP contribution in [0.5, 0.6) is 0 Å². The number of benzene rings is 1. The Morgan fingerprint density at radius 1 is 1.13 bits per heavy atom. The van der Waals surface area contributed by atoms with Crippen LogP contribution in [0.3, 0.4) is 0 Å². The molecule has 8 nitrogen and oxygen atoms in total. The lowest BCUT2D eigenvalue weighted by molar-refractivity contribution is -0.121. The van der Waals surface area contributed by atoms with Crippen molar-refractivity contribution in [1.82, 2.24) is 24.4 Å². The lowest BCUT2D eigenvalue weighted by Gasteiger charge is -2.13. The normalized spacial score (nSPS) is 10.8. The Morgan fingerprint density at radius 2 is 1.90 bits per heavy atom. The minimum atomic E-state index is -0.298. The molecule has 0 aliphatic rings. The van der Waals surface area contributed by atoms with Crippen LogP contribution < -0.4 is 16.2 Å². The average Bonchev–Trinajstić information content (AvgIpc) is 3.11. The topological polar surface area (TPSA) is 93.8 Å². The summed E-state index contributed by atoms with van der Waals surface area (Å²) in [6, 6.07) is 10.0. The SMILES string of the molecule is CCn1cnc(C)c1CNC(=O)Cn1c(C)cnc(NCCc2ccccc2)c1=O. The van der Waals surface area contributed by atoms with Crippen molar-refractivity contribution in [2.45, 2.75) is 46.8 Å². The molecule has 2 heterocycles. The fourth-order valence-corrected chi connectivity index (χ4v) is 3.25. The number of imidazole rings is 1. The first-order valence-corrected chi connectivity index (χ1v) is 10.1. The Bertz CT molecular complexity index is 1060. The maximum absolute atomic E-state index is 12.8. The molecular weight excluding hydrogens is 380 g/mol. The maximum Gasteiger partial charge on any atom is 0.293 e. The van der Waals surface area contributed by atoms with E-state index in [9.17, 15) is 9.59 Å². The summed E-state index contributed by atoms with van der Waals surface area (Å²) in [6.07, 6.45) is 4.15. The van der Waals surface area contributed by atoms with E-state index in [0.717, 1.165) is 24.4 Å². The summed E-state index contributed by atoms with van der Waals surface area (Å²) in [5, 5.41) is 5.98. The van der Waals surface area contributed by atoms with Crippen LogP contribution in [0.25, 0.3) is 0 Å². The molecule has 3 rings (SSSR count). The van der Waals surface area contributed by atoms with Crippen LogP contribution in [0.4, 0.5) is 5.82 Å². The predicted molar refractivity (Wildman–Crippen MR) is 116 cm³/mol. The van der Waals surface area contributed by atoms with E-state index in [1.165, 1.54) is 10.1 Å². The molecule has 0 bridgehead atoms. The summed E-state index contributed by atoms with van der Waals surface area (Å²) in [5.74, 6) is 0.0223. The third-order valence-electron chi connectivity index (χ3n) is 5.05. The van der Waals surface area contributed by atoms with Crippen LogP contribution in [0.1, 0.15) is 29.6 Å². The van der Waals surface area contributed by atoms with Gasteiger partial charge < -0.3 is 15.2 Å². The molecule has 8 heteroatoms. The Labute approximate surface area is 176 Å². The smallest absolute Gasteiger partial charge is 0.293 e. The molecule has 0 aliphatic heterocycles. The molecule has 0 aliphatic carbocycles. The number of anilines is 1. The highest BCUT2D eigenvalue weighted by Gasteiger charge is 2.13. The molecule has 0 unspecified atom stereocenters. The van der Waals surface area contributed by atoms with E-state index >= 15 is 0 Å². The van der Waals surface area contributed by atoms with E-state index < -0.39 is 0 Å². The van der Waals surface area contributed by atoms with Gasteiger partial charge in [-0.3, -0.25) is 14.2 Å². The van der Waals surface area contributed by atoms with Crippen LogP contribution in [0, 0.1) is 13.8 Å². The van der Waals surface area contributed by atoms with Gasteiger partial charge in [0.1, 0.15) is 6.54 Å². The molecule has 158 valence electrons. The Hall–Kier alpha value is -3.42. The standard InChI is InChI=1S/C22H28N6O2/c1-4-27-15-26-17(3)19(27)13-24-20(29)14-28-16(2)12-25-21(22(28)30)23-11-10-18-8-6-5-7-9-18/h5-9,12,15H,4,10-11,13-14H2,1-3H3,(H,23,25)(H,24,29). The molecule has 3 aromatic rings. The second-order valence-electron chi connectivity index (χ2n) is 7.14. The monoisotopic (exact) mass is 408 g/mol. The summed E-state index contributed by atoms with van der Waals surface area (Å²) in [4.78, 5) is 33.8. The number of aromatic nitrogens is 4. The number of carbonyl (C=O) groups excluding carboxylic acids is 1. The van der Waals surface area contributed by atoms with Crippen LogP contribution >= 0.6 is 0 Å². The van der Waals surface area contributed by atoms with E-state index in [-0.39, 0.29) is 23.8 Å². The third-order valence-corrected chi connectivity index (χ3v) is 5.05. The van der Waals surface area contributed by atoms with Gasteiger partial charge in [-0.25, -0.2) is 9.97 Å². The molecule has 0 atom stereocenters. The second-order valence-corrected chi connectivity index (χ2v) is 7.14. The fraction of sp³-hybridized carbons (Fsp3) is 0.364. The van der Waals surface area contributed by atoms with Gasteiger partial charge in [-0.15, -0.1) is 0 Å². The average molecular weight is 409 g/mol. The van der Waals surface area contributed by atoms with Crippen molar-refractivity contribution in [3.05, 3.63) is 75.9 Å². The minimum Gasteiger partial charge on any atom is -0.365 e. The molecule has 2 aromatic heterocycles. The summed E-state index contributed by atoms with van der Waals surface area (Å²) < 4.78 is 3.44. The van der Waals surface area contributed by atoms with Crippen molar-refractivity contribution in [1.29, 1.82) is 0 Å². The molecule has 0 radical (unpaired) electrons. The number of hydrogen-bond acceptors (Lipinski definition) is 5. The fourth-order valence-electron chi connectivity index (χ4n) is 3.25. The number of aryl methyl sites for hydroxylation is 3. The number of rotatable bonds is 9. The summed E-state index contributed by atoms with van der Waals surface area (Å²) in [6.45, 7) is 7.40. The molecule has 0 saturated heterocycles. The van der Waals surface area contributed by atoms with Crippen molar-refractivity contribution in [2.24, 2.45) is 0 Å². The van der Waals surface area contributed by atoms with Gasteiger partial charge in [0.25, 0.3) is 5.56 Å². The first-order chi connectivity index (χ1) is 14.5. The molecule has 0 fully saturated rings. The summed E-state index contributed by atoms with van der Waals surface area (Å²) in [7, 11) is 0. The van der Waals surface area contributed by atoms with Gasteiger partial charge in [0.2, 0.25) is 5.91 Å². The predicted octanol–water partition coefficient (Wildman–Crippen LogP) is 2.05. The zero-order chi connectivity index (χ0) is 21.5. The highest BCUT2D eigenvalue weighted by molar-refractivity contribution is 5.75. The van der Waals surface area contributed by atoms with Crippen LogP contribution in [-0.4, -0.2) is 31.6 Å². The highest BCUT2D eigenvalue weighted by atomic mass is 16.2. The lowest BCUT2D eigenvalue weighted by Crippen LogP contribution is -2.35. The molecule has 1 amide bonds. The quantitative estimate of drug-likeness (QED) is 0.565. The van der Waals surface area contributed by atoms with Crippen LogP contribution in [0.15, 0.2) is 47.7 Å². The molecule has 0 saturated carbocycles. The van der Waals surface area contributed by atoms with E-state index in [4.69, 9.17) is 0 Å². The molecule has 1 aromatic carbocycles. The Kier molecular flexibility index (Phi) is 7.00. The number of carbonyl (C=O) groups is 1. The molecular formula is C22H28N6O2. The van der Waals surface area contributed by atoms with Gasteiger partial charge in [0.05, 0.1) is 24.3 Å². The highest BCUT2D eigenvalue weighted by Crippen LogP contribution is 2.06. The summed E-state index contributed by atoms with van der Waals surface area (Å²) >= 11 is 0. The number of nitrogens with zero attached hydrogens (tertiary/aromatic N) is 4.